The van der Waals surface area contributed by atoms with Gasteiger partial charge in [-0.05, 0) is 25.2 Å². The van der Waals surface area contributed by atoms with Crippen LogP contribution in [-0.2, 0) is 0 Å². The maximum atomic E-state index is 5.76. The van der Waals surface area contributed by atoms with Crippen LogP contribution in [0.2, 0.25) is 0 Å². The summed E-state index contributed by atoms with van der Waals surface area (Å²) in [7, 11) is 0. The van der Waals surface area contributed by atoms with Crippen LogP contribution in [-0.4, -0.2) is 6.04 Å². The average Bonchev–Trinajstić information content (AvgIpc) is 1.98. The van der Waals surface area contributed by atoms with Crippen LogP contribution in [0.1, 0.15) is 53.4 Å². The van der Waals surface area contributed by atoms with Crippen molar-refractivity contribution in [3.05, 3.63) is 0 Å². The zero-order chi connectivity index (χ0) is 9.56. The highest BCUT2D eigenvalue weighted by atomic mass is 14.6. The molecule has 0 amide bonds. The van der Waals surface area contributed by atoms with Crippen LogP contribution in [0.3, 0.4) is 0 Å². The van der Waals surface area contributed by atoms with Crippen molar-refractivity contribution in [1.82, 2.24) is 0 Å². The first kappa shape index (κ1) is 12.0. The predicted molar refractivity (Wildman–Crippen MR) is 56.1 cm³/mol. The Morgan fingerprint density at radius 1 is 1.08 bits per heavy atom. The Morgan fingerprint density at radius 2 is 1.67 bits per heavy atom. The van der Waals surface area contributed by atoms with Gasteiger partial charge in [-0.1, -0.05) is 40.0 Å². The van der Waals surface area contributed by atoms with E-state index in [0.29, 0.717) is 6.04 Å². The maximum absolute atomic E-state index is 5.76. The fraction of sp³-hybridized carbons (Fsp3) is 1.00. The molecule has 0 fully saturated rings. The highest BCUT2D eigenvalue weighted by molar-refractivity contribution is 4.66. The zero-order valence-electron chi connectivity index (χ0n) is 9.14. The molecule has 0 radical (unpaired) electrons. The summed E-state index contributed by atoms with van der Waals surface area (Å²) in [5.74, 6) is 1.63. The molecule has 0 saturated carbocycles. The lowest BCUT2D eigenvalue weighted by Gasteiger charge is -2.21. The standard InChI is InChI=1S/C11H25N/c1-5-6-7-9(2)10(3)8-11(4)12/h9-11H,5-8,12H2,1-4H3. The van der Waals surface area contributed by atoms with Crippen LogP contribution < -0.4 is 5.73 Å². The summed E-state index contributed by atoms with van der Waals surface area (Å²) in [5, 5.41) is 0. The second-order valence-corrected chi connectivity index (χ2v) is 4.31. The van der Waals surface area contributed by atoms with E-state index in [0.717, 1.165) is 11.8 Å². The Hall–Kier alpha value is -0.0400. The molecule has 0 spiro atoms. The molecular weight excluding hydrogens is 146 g/mol. The van der Waals surface area contributed by atoms with Gasteiger partial charge in [0.05, 0.1) is 0 Å². The maximum Gasteiger partial charge on any atom is 0.00131 e. The molecule has 0 heterocycles. The molecule has 74 valence electrons. The van der Waals surface area contributed by atoms with Gasteiger partial charge in [-0.2, -0.15) is 0 Å². The van der Waals surface area contributed by atoms with Crippen molar-refractivity contribution in [2.24, 2.45) is 17.6 Å². The quantitative estimate of drug-likeness (QED) is 0.652. The van der Waals surface area contributed by atoms with Crippen LogP contribution in [0.4, 0.5) is 0 Å². The largest absolute Gasteiger partial charge is 0.328 e. The van der Waals surface area contributed by atoms with Gasteiger partial charge in [0.2, 0.25) is 0 Å². The summed E-state index contributed by atoms with van der Waals surface area (Å²) < 4.78 is 0. The van der Waals surface area contributed by atoms with E-state index in [2.05, 4.69) is 27.7 Å². The molecule has 12 heavy (non-hydrogen) atoms. The van der Waals surface area contributed by atoms with Gasteiger partial charge in [0.1, 0.15) is 0 Å². The molecule has 0 aliphatic heterocycles. The Morgan fingerprint density at radius 3 is 2.08 bits per heavy atom. The van der Waals surface area contributed by atoms with E-state index >= 15 is 0 Å². The van der Waals surface area contributed by atoms with Gasteiger partial charge in [0, 0.05) is 6.04 Å². The van der Waals surface area contributed by atoms with Gasteiger partial charge in [0.25, 0.3) is 0 Å². The lowest BCUT2D eigenvalue weighted by molar-refractivity contribution is 0.320. The molecule has 0 aliphatic rings. The van der Waals surface area contributed by atoms with Crippen LogP contribution in [0.5, 0.6) is 0 Å². The fourth-order valence-corrected chi connectivity index (χ4v) is 1.63. The van der Waals surface area contributed by atoms with E-state index < -0.39 is 0 Å². The first-order chi connectivity index (χ1) is 5.57. The molecule has 1 heteroatoms. The highest BCUT2D eigenvalue weighted by Gasteiger charge is 2.12. The molecule has 0 aromatic rings. The smallest absolute Gasteiger partial charge is 0.00131 e. The minimum absolute atomic E-state index is 0.365. The van der Waals surface area contributed by atoms with Crippen molar-refractivity contribution in [1.29, 1.82) is 0 Å². The summed E-state index contributed by atoms with van der Waals surface area (Å²) in [5.41, 5.74) is 5.76. The number of rotatable bonds is 6. The van der Waals surface area contributed by atoms with Crippen molar-refractivity contribution in [2.75, 3.05) is 0 Å². The number of nitrogens with two attached hydrogens (primary N) is 1. The molecule has 3 atom stereocenters. The van der Waals surface area contributed by atoms with Crippen LogP contribution in [0.25, 0.3) is 0 Å². The zero-order valence-corrected chi connectivity index (χ0v) is 9.14. The Kier molecular flexibility index (Phi) is 6.45. The molecule has 1 nitrogen and oxygen atoms in total. The number of hydrogen-bond donors (Lipinski definition) is 1. The SMILES string of the molecule is CCCCC(C)C(C)CC(C)N. The third-order valence-corrected chi connectivity index (χ3v) is 2.73. The van der Waals surface area contributed by atoms with Gasteiger partial charge in [0.15, 0.2) is 0 Å². The van der Waals surface area contributed by atoms with Gasteiger partial charge in [-0.25, -0.2) is 0 Å². The molecule has 3 unspecified atom stereocenters. The number of unbranched alkanes of at least 4 members (excludes halogenated alkanes) is 1. The van der Waals surface area contributed by atoms with E-state index in [9.17, 15) is 0 Å². The first-order valence-corrected chi connectivity index (χ1v) is 5.33. The Labute approximate surface area is 77.7 Å². The minimum atomic E-state index is 0.365. The lowest BCUT2D eigenvalue weighted by atomic mass is 9.87. The van der Waals surface area contributed by atoms with Crippen LogP contribution >= 0.6 is 0 Å². The molecule has 0 aromatic heterocycles. The van der Waals surface area contributed by atoms with Crippen molar-refractivity contribution < 1.29 is 0 Å². The van der Waals surface area contributed by atoms with E-state index in [1.807, 2.05) is 0 Å². The predicted octanol–water partition coefficient (Wildman–Crippen LogP) is 3.19. The lowest BCUT2D eigenvalue weighted by Crippen LogP contribution is -2.21. The third kappa shape index (κ3) is 5.59. The van der Waals surface area contributed by atoms with Gasteiger partial charge in [-0.3, -0.25) is 0 Å². The van der Waals surface area contributed by atoms with Crippen LogP contribution in [0.15, 0.2) is 0 Å². The minimum Gasteiger partial charge on any atom is -0.328 e. The second-order valence-electron chi connectivity index (χ2n) is 4.31. The topological polar surface area (TPSA) is 26.0 Å². The molecule has 0 saturated heterocycles. The summed E-state index contributed by atoms with van der Waals surface area (Å²) in [6.07, 6.45) is 5.22. The van der Waals surface area contributed by atoms with E-state index in [-0.39, 0.29) is 0 Å². The van der Waals surface area contributed by atoms with Crippen molar-refractivity contribution >= 4 is 0 Å². The van der Waals surface area contributed by atoms with Gasteiger partial charge in [-0.15, -0.1) is 0 Å². The number of hydrogen-bond acceptors (Lipinski definition) is 1. The normalized spacial score (nSPS) is 18.8. The third-order valence-electron chi connectivity index (χ3n) is 2.73. The van der Waals surface area contributed by atoms with E-state index in [4.69, 9.17) is 5.73 Å². The molecule has 0 rings (SSSR count). The van der Waals surface area contributed by atoms with Crippen LogP contribution in [0, 0.1) is 11.8 Å². The summed E-state index contributed by atoms with van der Waals surface area (Å²) in [6.45, 7) is 9.03. The first-order valence-electron chi connectivity index (χ1n) is 5.33. The Bertz CT molecular complexity index is 99.2. The highest BCUT2D eigenvalue weighted by Crippen LogP contribution is 2.21. The van der Waals surface area contributed by atoms with E-state index in [1.54, 1.807) is 0 Å². The van der Waals surface area contributed by atoms with Crippen molar-refractivity contribution in [2.45, 2.75) is 59.4 Å². The molecule has 2 N–H and O–H groups in total. The summed E-state index contributed by atoms with van der Waals surface area (Å²) in [4.78, 5) is 0. The second kappa shape index (κ2) is 6.47. The monoisotopic (exact) mass is 171 g/mol. The van der Waals surface area contributed by atoms with Gasteiger partial charge >= 0.3 is 0 Å². The molecule has 0 aliphatic carbocycles. The molecule has 0 bridgehead atoms. The molecular formula is C11H25N. The molecule has 0 aromatic carbocycles. The van der Waals surface area contributed by atoms with Crippen molar-refractivity contribution in [3.8, 4) is 0 Å². The van der Waals surface area contributed by atoms with E-state index in [1.165, 1.54) is 25.7 Å². The summed E-state index contributed by atoms with van der Waals surface area (Å²) in [6, 6.07) is 0.365. The van der Waals surface area contributed by atoms with Gasteiger partial charge < -0.3 is 5.73 Å². The average molecular weight is 171 g/mol. The fourth-order valence-electron chi connectivity index (χ4n) is 1.63. The summed E-state index contributed by atoms with van der Waals surface area (Å²) >= 11 is 0. The Balaban J connectivity index is 3.53. The van der Waals surface area contributed by atoms with Crippen molar-refractivity contribution in [3.63, 3.8) is 0 Å².